The van der Waals surface area contributed by atoms with E-state index < -0.39 is 6.04 Å². The molecule has 0 amide bonds. The van der Waals surface area contributed by atoms with Crippen LogP contribution in [0.3, 0.4) is 0 Å². The van der Waals surface area contributed by atoms with Gasteiger partial charge in [0.25, 0.3) is 0 Å². The second kappa shape index (κ2) is 3.37. The molecule has 0 fully saturated rings. The Labute approximate surface area is 65.2 Å². The third kappa shape index (κ3) is 1.50. The zero-order valence-corrected chi connectivity index (χ0v) is 6.61. The third-order valence-corrected chi connectivity index (χ3v) is 1.65. The van der Waals surface area contributed by atoms with Crippen LogP contribution in [0.25, 0.3) is 0 Å². The van der Waals surface area contributed by atoms with Crippen molar-refractivity contribution in [3.8, 4) is 0 Å². The van der Waals surface area contributed by atoms with Crippen LogP contribution in [-0.4, -0.2) is 31.6 Å². The summed E-state index contributed by atoms with van der Waals surface area (Å²) in [5.74, 6) is -0.328. The molecular weight excluding hydrogens is 146 g/mol. The summed E-state index contributed by atoms with van der Waals surface area (Å²) in [5.41, 5.74) is 0. The highest BCUT2D eigenvalue weighted by Crippen LogP contribution is 2.13. The van der Waals surface area contributed by atoms with E-state index in [1.807, 2.05) is 6.92 Å². The second-order valence-electron chi connectivity index (χ2n) is 2.31. The molecule has 62 valence electrons. The maximum absolute atomic E-state index is 11.0. The molecule has 0 radical (unpaired) electrons. The van der Waals surface area contributed by atoms with E-state index in [0.717, 1.165) is 6.42 Å². The number of nitrogens with zero attached hydrogens (tertiary/aromatic N) is 1. The van der Waals surface area contributed by atoms with Gasteiger partial charge in [-0.3, -0.25) is 0 Å². The Kier molecular flexibility index (Phi) is 2.46. The minimum atomic E-state index is -0.454. The van der Waals surface area contributed by atoms with Crippen LogP contribution in [0.15, 0.2) is 4.99 Å². The van der Waals surface area contributed by atoms with Gasteiger partial charge in [0.05, 0.1) is 7.11 Å². The van der Waals surface area contributed by atoms with Crippen molar-refractivity contribution in [3.63, 3.8) is 0 Å². The van der Waals surface area contributed by atoms with Gasteiger partial charge in [0, 0.05) is 0 Å². The van der Waals surface area contributed by atoms with Gasteiger partial charge in [0.1, 0.15) is 6.10 Å². The molecule has 0 N–H and O–H groups in total. The quantitative estimate of drug-likeness (QED) is 0.544. The highest BCUT2D eigenvalue weighted by atomic mass is 16.5. The molecule has 1 aliphatic rings. The maximum atomic E-state index is 11.0. The number of rotatable bonds is 2. The predicted octanol–water partition coefficient (Wildman–Crippen LogP) is 0.365. The summed E-state index contributed by atoms with van der Waals surface area (Å²) in [6.07, 6.45) is 1.94. The van der Waals surface area contributed by atoms with E-state index >= 15 is 0 Å². The molecule has 4 heteroatoms. The fourth-order valence-electron chi connectivity index (χ4n) is 1.00. The van der Waals surface area contributed by atoms with Gasteiger partial charge in [-0.1, -0.05) is 6.92 Å². The van der Waals surface area contributed by atoms with Crippen molar-refractivity contribution in [2.45, 2.75) is 25.5 Å². The lowest BCUT2D eigenvalue weighted by Gasteiger charge is -2.12. The van der Waals surface area contributed by atoms with Gasteiger partial charge in [-0.25, -0.2) is 9.79 Å². The normalized spacial score (nSPS) is 28.2. The molecule has 0 saturated heterocycles. The molecule has 0 spiro atoms. The zero-order valence-electron chi connectivity index (χ0n) is 6.61. The van der Waals surface area contributed by atoms with Crippen molar-refractivity contribution < 1.29 is 14.3 Å². The Morgan fingerprint density at radius 3 is 3.09 bits per heavy atom. The first-order chi connectivity index (χ1) is 5.29. The fourth-order valence-corrected chi connectivity index (χ4v) is 1.00. The van der Waals surface area contributed by atoms with Gasteiger partial charge in [0.15, 0.2) is 12.4 Å². The summed E-state index contributed by atoms with van der Waals surface area (Å²) < 4.78 is 9.58. The molecule has 1 aliphatic heterocycles. The molecule has 4 nitrogen and oxygen atoms in total. The van der Waals surface area contributed by atoms with E-state index in [9.17, 15) is 4.79 Å². The maximum Gasteiger partial charge on any atom is 0.334 e. The lowest BCUT2D eigenvalue weighted by atomic mass is 10.1. The fraction of sp³-hybridized carbons (Fsp3) is 0.714. The molecule has 2 atom stereocenters. The minimum absolute atomic E-state index is 0.137. The van der Waals surface area contributed by atoms with Crippen molar-refractivity contribution in [2.24, 2.45) is 4.99 Å². The Morgan fingerprint density at radius 1 is 1.82 bits per heavy atom. The van der Waals surface area contributed by atoms with Crippen LogP contribution in [0.2, 0.25) is 0 Å². The SMILES string of the molecule is CC[C@@H]1OC=N[C@@H]1C(=O)OC. The van der Waals surface area contributed by atoms with Crippen LogP contribution in [0.5, 0.6) is 0 Å². The van der Waals surface area contributed by atoms with E-state index in [1.54, 1.807) is 0 Å². The van der Waals surface area contributed by atoms with Crippen LogP contribution >= 0.6 is 0 Å². The third-order valence-electron chi connectivity index (χ3n) is 1.65. The van der Waals surface area contributed by atoms with E-state index in [0.29, 0.717) is 0 Å². The van der Waals surface area contributed by atoms with Crippen molar-refractivity contribution in [1.82, 2.24) is 0 Å². The zero-order chi connectivity index (χ0) is 8.27. The van der Waals surface area contributed by atoms with Crippen molar-refractivity contribution >= 4 is 12.4 Å². The average molecular weight is 157 g/mol. The Morgan fingerprint density at radius 2 is 2.55 bits per heavy atom. The summed E-state index contributed by atoms with van der Waals surface area (Å²) >= 11 is 0. The van der Waals surface area contributed by atoms with Crippen LogP contribution in [0, 0.1) is 0 Å². The standard InChI is InChI=1S/C7H11NO3/c1-3-5-6(7(9)10-2)8-4-11-5/h4-6H,3H2,1-2H3/t5-,6-/m0/s1. The molecule has 0 saturated carbocycles. The first-order valence-corrected chi connectivity index (χ1v) is 3.54. The van der Waals surface area contributed by atoms with Crippen molar-refractivity contribution in [1.29, 1.82) is 0 Å². The molecule has 0 aromatic heterocycles. The van der Waals surface area contributed by atoms with Crippen LogP contribution in [-0.2, 0) is 14.3 Å². The molecule has 0 aliphatic carbocycles. The smallest absolute Gasteiger partial charge is 0.334 e. The number of aliphatic imine (C=N–C) groups is 1. The van der Waals surface area contributed by atoms with Gasteiger partial charge < -0.3 is 9.47 Å². The minimum Gasteiger partial charge on any atom is -0.477 e. The lowest BCUT2D eigenvalue weighted by molar-refractivity contribution is -0.143. The molecule has 1 heterocycles. The van der Waals surface area contributed by atoms with Gasteiger partial charge in [-0.2, -0.15) is 0 Å². The van der Waals surface area contributed by atoms with Gasteiger partial charge in [-0.05, 0) is 6.42 Å². The van der Waals surface area contributed by atoms with E-state index in [-0.39, 0.29) is 12.1 Å². The monoisotopic (exact) mass is 157 g/mol. The largest absolute Gasteiger partial charge is 0.477 e. The number of carbonyl (C=O) groups excluding carboxylic acids is 1. The van der Waals surface area contributed by atoms with Crippen LogP contribution in [0.1, 0.15) is 13.3 Å². The summed E-state index contributed by atoms with van der Waals surface area (Å²) in [6, 6.07) is -0.454. The Balaban J connectivity index is 2.55. The summed E-state index contributed by atoms with van der Waals surface area (Å²) in [7, 11) is 1.35. The number of hydrogen-bond donors (Lipinski definition) is 0. The average Bonchev–Trinajstić information content (AvgIpc) is 2.50. The van der Waals surface area contributed by atoms with Crippen LogP contribution < -0.4 is 0 Å². The summed E-state index contributed by atoms with van der Waals surface area (Å²) in [4.78, 5) is 14.8. The first kappa shape index (κ1) is 8.04. The molecule has 0 bridgehead atoms. The Bertz CT molecular complexity index is 179. The molecule has 0 aromatic carbocycles. The molecule has 1 rings (SSSR count). The number of carbonyl (C=O) groups is 1. The van der Waals surface area contributed by atoms with Gasteiger partial charge in [-0.15, -0.1) is 0 Å². The molecule has 0 unspecified atom stereocenters. The van der Waals surface area contributed by atoms with Gasteiger partial charge >= 0.3 is 5.97 Å². The van der Waals surface area contributed by atoms with E-state index in [1.165, 1.54) is 13.5 Å². The highest BCUT2D eigenvalue weighted by Gasteiger charge is 2.31. The lowest BCUT2D eigenvalue weighted by Crippen LogP contribution is -2.30. The Hall–Kier alpha value is -1.06. The highest BCUT2D eigenvalue weighted by molar-refractivity contribution is 5.79. The number of methoxy groups -OCH3 is 1. The second-order valence-corrected chi connectivity index (χ2v) is 2.31. The van der Waals surface area contributed by atoms with Gasteiger partial charge in [0.2, 0.25) is 0 Å². The first-order valence-electron chi connectivity index (χ1n) is 3.54. The van der Waals surface area contributed by atoms with E-state index in [2.05, 4.69) is 9.73 Å². The number of esters is 1. The van der Waals surface area contributed by atoms with Crippen LogP contribution in [0.4, 0.5) is 0 Å². The molecule has 11 heavy (non-hydrogen) atoms. The molecule has 0 aromatic rings. The summed E-state index contributed by atoms with van der Waals surface area (Å²) in [6.45, 7) is 1.94. The summed E-state index contributed by atoms with van der Waals surface area (Å²) in [5, 5.41) is 0. The van der Waals surface area contributed by atoms with Crippen molar-refractivity contribution in [2.75, 3.05) is 7.11 Å². The topological polar surface area (TPSA) is 47.9 Å². The molecular formula is C7H11NO3. The predicted molar refractivity (Wildman–Crippen MR) is 39.5 cm³/mol. The number of hydrogen-bond acceptors (Lipinski definition) is 4. The van der Waals surface area contributed by atoms with E-state index in [4.69, 9.17) is 4.74 Å². The number of ether oxygens (including phenoxy) is 2. The van der Waals surface area contributed by atoms with Crippen molar-refractivity contribution in [3.05, 3.63) is 0 Å².